The van der Waals surface area contributed by atoms with Gasteiger partial charge in [0.05, 0.1) is 18.8 Å². The Morgan fingerprint density at radius 3 is 2.69 bits per heavy atom. The van der Waals surface area contributed by atoms with E-state index in [2.05, 4.69) is 48.2 Å². The smallest absolute Gasteiger partial charge is 0.236 e. The number of nitrogens with one attached hydrogen (secondary N) is 1. The molecule has 4 heterocycles. The monoisotopic (exact) mass is 473 g/mol. The minimum atomic E-state index is -0.0501. The average molecular weight is 474 g/mol. The van der Waals surface area contributed by atoms with E-state index in [0.29, 0.717) is 18.4 Å². The quantitative estimate of drug-likeness (QED) is 0.436. The van der Waals surface area contributed by atoms with Crippen molar-refractivity contribution >= 4 is 22.5 Å². The van der Waals surface area contributed by atoms with Crippen LogP contribution in [0.2, 0.25) is 0 Å². The minimum absolute atomic E-state index is 0.0501. The van der Waals surface area contributed by atoms with E-state index in [4.69, 9.17) is 0 Å². The fraction of sp³-hybridized carbons (Fsp3) is 0.429. The molecule has 7 nitrogen and oxygen atoms in total. The van der Waals surface area contributed by atoms with E-state index in [1.807, 2.05) is 40.6 Å². The van der Waals surface area contributed by atoms with Gasteiger partial charge in [-0.1, -0.05) is 19.9 Å². The van der Waals surface area contributed by atoms with Gasteiger partial charge in [-0.3, -0.25) is 4.79 Å². The number of carbonyl (C=O) groups excluding carboxylic acids is 1. The SMILES string of the molecule is CC(C)c1c(-c2cc(CO)c3nccn3c2)[nH]c2ccc(C3CCN(C(=O)CN(C)C)CC3)cc12. The van der Waals surface area contributed by atoms with Crippen LogP contribution in [-0.4, -0.2) is 68.9 Å². The molecule has 3 aromatic heterocycles. The Morgan fingerprint density at radius 2 is 2.00 bits per heavy atom. The molecule has 0 radical (unpaired) electrons. The largest absolute Gasteiger partial charge is 0.392 e. The van der Waals surface area contributed by atoms with Gasteiger partial charge >= 0.3 is 0 Å². The van der Waals surface area contributed by atoms with Gasteiger partial charge in [0.2, 0.25) is 5.91 Å². The van der Waals surface area contributed by atoms with E-state index in [9.17, 15) is 9.90 Å². The van der Waals surface area contributed by atoms with Crippen molar-refractivity contribution in [3.05, 3.63) is 59.5 Å². The van der Waals surface area contributed by atoms with Crippen LogP contribution in [0.1, 0.15) is 55.2 Å². The lowest BCUT2D eigenvalue weighted by Crippen LogP contribution is -2.42. The van der Waals surface area contributed by atoms with E-state index in [-0.39, 0.29) is 12.5 Å². The summed E-state index contributed by atoms with van der Waals surface area (Å²) in [6, 6.07) is 8.84. The Hall–Kier alpha value is -3.16. The number of amides is 1. The number of likely N-dealkylation sites (tertiary alicyclic amines) is 1. The number of pyridine rings is 1. The molecule has 5 rings (SSSR count). The number of nitrogens with zero attached hydrogens (tertiary/aromatic N) is 4. The van der Waals surface area contributed by atoms with Gasteiger partial charge < -0.3 is 24.3 Å². The van der Waals surface area contributed by atoms with Crippen LogP contribution in [0.25, 0.3) is 27.8 Å². The third kappa shape index (κ3) is 4.46. The van der Waals surface area contributed by atoms with Gasteiger partial charge in [0.25, 0.3) is 0 Å². The van der Waals surface area contributed by atoms with Crippen molar-refractivity contribution in [2.24, 2.45) is 0 Å². The zero-order chi connectivity index (χ0) is 24.7. The van der Waals surface area contributed by atoms with Gasteiger partial charge in [0.1, 0.15) is 5.65 Å². The molecule has 184 valence electrons. The van der Waals surface area contributed by atoms with Crippen molar-refractivity contribution in [3.63, 3.8) is 0 Å². The normalized spacial score (nSPS) is 15.2. The van der Waals surface area contributed by atoms with Crippen LogP contribution in [0.3, 0.4) is 0 Å². The van der Waals surface area contributed by atoms with Crippen molar-refractivity contribution < 1.29 is 9.90 Å². The summed E-state index contributed by atoms with van der Waals surface area (Å²) in [4.78, 5) is 24.4. The summed E-state index contributed by atoms with van der Waals surface area (Å²) < 4.78 is 1.98. The molecule has 1 aliphatic heterocycles. The van der Waals surface area contributed by atoms with E-state index in [0.717, 1.165) is 53.9 Å². The number of aliphatic hydroxyl groups excluding tert-OH is 1. The first-order valence-corrected chi connectivity index (χ1v) is 12.5. The van der Waals surface area contributed by atoms with Crippen LogP contribution in [0, 0.1) is 0 Å². The Kier molecular flexibility index (Phi) is 6.38. The van der Waals surface area contributed by atoms with Gasteiger partial charge in [-0.15, -0.1) is 0 Å². The topological polar surface area (TPSA) is 76.9 Å². The number of rotatable bonds is 6. The van der Waals surface area contributed by atoms with Crippen LogP contribution in [0.5, 0.6) is 0 Å². The number of aliphatic hydroxyl groups is 1. The summed E-state index contributed by atoms with van der Waals surface area (Å²) in [5.74, 6) is 1.01. The predicted octanol–water partition coefficient (Wildman–Crippen LogP) is 4.37. The summed E-state index contributed by atoms with van der Waals surface area (Å²) in [5, 5.41) is 11.2. The zero-order valence-electron chi connectivity index (χ0n) is 21.1. The molecule has 0 spiro atoms. The fourth-order valence-electron chi connectivity index (χ4n) is 5.50. The summed E-state index contributed by atoms with van der Waals surface area (Å²) in [7, 11) is 3.88. The lowest BCUT2D eigenvalue weighted by molar-refractivity contribution is -0.132. The number of imidazole rings is 1. The Morgan fingerprint density at radius 1 is 1.23 bits per heavy atom. The van der Waals surface area contributed by atoms with Crippen LogP contribution in [0.4, 0.5) is 0 Å². The molecule has 0 aliphatic carbocycles. The van der Waals surface area contributed by atoms with Gasteiger partial charge in [-0.2, -0.15) is 0 Å². The summed E-state index contributed by atoms with van der Waals surface area (Å²) in [6.45, 7) is 6.53. The predicted molar refractivity (Wildman–Crippen MR) is 140 cm³/mol. The van der Waals surface area contributed by atoms with Gasteiger partial charge in [-0.05, 0) is 68.1 Å². The molecule has 1 aliphatic rings. The first-order valence-electron chi connectivity index (χ1n) is 12.5. The number of piperidine rings is 1. The van der Waals surface area contributed by atoms with Crippen molar-refractivity contribution in [2.45, 2.75) is 45.1 Å². The number of hydrogen-bond acceptors (Lipinski definition) is 4. The first kappa shape index (κ1) is 23.6. The average Bonchev–Trinajstić information content (AvgIpc) is 3.47. The molecule has 7 heteroatoms. The standard InChI is InChI=1S/C28H35N5O2/c1-18(2)26-23-14-20(19-7-10-32(11-8-19)25(35)16-31(3)4)5-6-24(23)30-27(26)21-13-22(17-34)28-29-9-12-33(28)15-21/h5-6,9,12-15,18-19,30,34H,7-8,10-11,16-17H2,1-4H3. The van der Waals surface area contributed by atoms with Crippen molar-refractivity contribution in [2.75, 3.05) is 33.7 Å². The van der Waals surface area contributed by atoms with E-state index >= 15 is 0 Å². The van der Waals surface area contributed by atoms with Crippen LogP contribution in [-0.2, 0) is 11.4 Å². The highest BCUT2D eigenvalue weighted by atomic mass is 16.3. The number of fused-ring (bicyclic) bond motifs is 2. The number of aromatic nitrogens is 3. The molecule has 1 fully saturated rings. The molecule has 35 heavy (non-hydrogen) atoms. The summed E-state index contributed by atoms with van der Waals surface area (Å²) in [6.07, 6.45) is 7.76. The lowest BCUT2D eigenvalue weighted by Gasteiger charge is -2.33. The summed E-state index contributed by atoms with van der Waals surface area (Å²) >= 11 is 0. The number of aromatic amines is 1. The van der Waals surface area contributed by atoms with Crippen molar-refractivity contribution in [1.82, 2.24) is 24.2 Å². The molecule has 1 saturated heterocycles. The maximum atomic E-state index is 12.5. The molecule has 1 amide bonds. The Labute approximate surface area is 206 Å². The van der Waals surface area contributed by atoms with E-state index < -0.39 is 0 Å². The molecule has 4 aromatic rings. The number of hydrogen-bond donors (Lipinski definition) is 2. The second-order valence-electron chi connectivity index (χ2n) is 10.3. The van der Waals surface area contributed by atoms with Crippen molar-refractivity contribution in [1.29, 1.82) is 0 Å². The third-order valence-electron chi connectivity index (χ3n) is 7.23. The second-order valence-corrected chi connectivity index (χ2v) is 10.3. The molecular weight excluding hydrogens is 438 g/mol. The molecule has 0 bridgehead atoms. The maximum Gasteiger partial charge on any atom is 0.236 e. The molecule has 0 saturated carbocycles. The molecule has 0 atom stereocenters. The van der Waals surface area contributed by atoms with E-state index in [1.165, 1.54) is 16.5 Å². The first-order chi connectivity index (χ1) is 16.9. The highest BCUT2D eigenvalue weighted by Crippen LogP contribution is 2.38. The van der Waals surface area contributed by atoms with Gasteiger partial charge in [-0.25, -0.2) is 4.98 Å². The number of H-pyrrole nitrogens is 1. The lowest BCUT2D eigenvalue weighted by atomic mass is 9.87. The Balaban J connectivity index is 1.48. The number of likely N-dealkylation sites (N-methyl/N-ethyl adjacent to an activating group) is 1. The molecule has 0 unspecified atom stereocenters. The zero-order valence-corrected chi connectivity index (χ0v) is 21.1. The highest BCUT2D eigenvalue weighted by Gasteiger charge is 2.25. The van der Waals surface area contributed by atoms with Crippen LogP contribution < -0.4 is 0 Å². The molecule has 2 N–H and O–H groups in total. The fourth-order valence-corrected chi connectivity index (χ4v) is 5.50. The molecule has 1 aromatic carbocycles. The van der Waals surface area contributed by atoms with Gasteiger partial charge in [0.15, 0.2) is 0 Å². The van der Waals surface area contributed by atoms with Crippen molar-refractivity contribution in [3.8, 4) is 11.3 Å². The second kappa shape index (κ2) is 9.47. The third-order valence-corrected chi connectivity index (χ3v) is 7.23. The molecular formula is C28H35N5O2. The number of carbonyl (C=O) groups is 1. The highest BCUT2D eigenvalue weighted by molar-refractivity contribution is 5.92. The van der Waals surface area contributed by atoms with Gasteiger partial charge in [0, 0.05) is 53.7 Å². The van der Waals surface area contributed by atoms with Crippen LogP contribution in [0.15, 0.2) is 42.9 Å². The van der Waals surface area contributed by atoms with Crippen LogP contribution >= 0.6 is 0 Å². The number of benzene rings is 1. The minimum Gasteiger partial charge on any atom is -0.392 e. The van der Waals surface area contributed by atoms with E-state index in [1.54, 1.807) is 6.20 Å². The maximum absolute atomic E-state index is 12.5. The summed E-state index contributed by atoms with van der Waals surface area (Å²) in [5.41, 5.74) is 7.53. The Bertz CT molecular complexity index is 1360.